The lowest BCUT2D eigenvalue weighted by molar-refractivity contribution is 0.0963. The largest absolute Gasteiger partial charge is 0.370 e. The first kappa shape index (κ1) is 21.3. The van der Waals surface area contributed by atoms with Crippen LogP contribution in [0.15, 0.2) is 67.0 Å². The minimum absolute atomic E-state index is 0.205. The third-order valence-electron chi connectivity index (χ3n) is 7.57. The van der Waals surface area contributed by atoms with Gasteiger partial charge in [-0.3, -0.25) is 4.98 Å². The summed E-state index contributed by atoms with van der Waals surface area (Å²) in [6, 6.07) is 14.7. The highest BCUT2D eigenvalue weighted by atomic mass is 35.5. The maximum atomic E-state index is 13.8. The van der Waals surface area contributed by atoms with Crippen LogP contribution in [-0.4, -0.2) is 18.1 Å². The van der Waals surface area contributed by atoms with Crippen LogP contribution in [0.25, 0.3) is 10.9 Å². The van der Waals surface area contributed by atoms with Gasteiger partial charge in [-0.05, 0) is 86.1 Å². The van der Waals surface area contributed by atoms with Crippen molar-refractivity contribution in [3.63, 3.8) is 0 Å². The highest BCUT2D eigenvalue weighted by Crippen LogP contribution is 2.49. The van der Waals surface area contributed by atoms with E-state index in [-0.39, 0.29) is 5.82 Å². The van der Waals surface area contributed by atoms with E-state index in [4.69, 9.17) is 11.6 Å². The molecule has 1 aliphatic heterocycles. The zero-order valence-electron chi connectivity index (χ0n) is 18.5. The quantitative estimate of drug-likeness (QED) is 0.443. The molecule has 0 bridgehead atoms. The summed E-state index contributed by atoms with van der Waals surface area (Å²) in [5, 5.41) is 5.12. The first-order valence-corrected chi connectivity index (χ1v) is 11.8. The summed E-state index contributed by atoms with van der Waals surface area (Å²) < 4.78 is 13.8. The Hall–Kier alpha value is -2.59. The van der Waals surface area contributed by atoms with E-state index in [2.05, 4.69) is 28.7 Å². The molecule has 5 heteroatoms. The van der Waals surface area contributed by atoms with Crippen molar-refractivity contribution in [2.75, 3.05) is 23.3 Å². The van der Waals surface area contributed by atoms with E-state index >= 15 is 0 Å². The van der Waals surface area contributed by atoms with E-state index in [1.54, 1.807) is 12.1 Å². The number of anilines is 2. The third-order valence-corrected chi connectivity index (χ3v) is 7.82. The van der Waals surface area contributed by atoms with Crippen molar-refractivity contribution < 1.29 is 4.39 Å². The summed E-state index contributed by atoms with van der Waals surface area (Å²) in [5.41, 5.74) is 4.47. The van der Waals surface area contributed by atoms with E-state index in [9.17, 15) is 4.39 Å². The second-order valence-corrected chi connectivity index (χ2v) is 10.1. The molecule has 1 saturated heterocycles. The average Bonchev–Trinajstić information content (AvgIpc) is 2.78. The van der Waals surface area contributed by atoms with Crippen molar-refractivity contribution in [2.24, 2.45) is 17.3 Å². The summed E-state index contributed by atoms with van der Waals surface area (Å²) in [6.07, 6.45) is 6.76. The van der Waals surface area contributed by atoms with Crippen LogP contribution in [0.1, 0.15) is 32.6 Å². The topological polar surface area (TPSA) is 28.2 Å². The lowest BCUT2D eigenvalue weighted by Gasteiger charge is -2.55. The number of nitrogens with zero attached hydrogens (tertiary/aromatic N) is 2. The van der Waals surface area contributed by atoms with Crippen LogP contribution in [0, 0.1) is 23.1 Å². The van der Waals surface area contributed by atoms with Crippen LogP contribution in [-0.2, 0) is 0 Å². The molecule has 0 amide bonds. The smallest absolute Gasteiger partial charge is 0.124 e. The summed E-state index contributed by atoms with van der Waals surface area (Å²) >= 11 is 5.99. The molecule has 1 spiro atoms. The van der Waals surface area contributed by atoms with Gasteiger partial charge < -0.3 is 10.2 Å². The van der Waals surface area contributed by atoms with Crippen LogP contribution in [0.4, 0.5) is 15.8 Å². The highest BCUT2D eigenvalue weighted by molar-refractivity contribution is 6.30. The second kappa shape index (κ2) is 8.40. The van der Waals surface area contributed by atoms with Gasteiger partial charge in [0.15, 0.2) is 0 Å². The minimum Gasteiger partial charge on any atom is -0.370 e. The van der Waals surface area contributed by atoms with Gasteiger partial charge in [-0.25, -0.2) is 4.39 Å². The van der Waals surface area contributed by atoms with Gasteiger partial charge in [0.2, 0.25) is 0 Å². The molecule has 2 heterocycles. The molecule has 1 aromatic heterocycles. The maximum Gasteiger partial charge on any atom is 0.124 e. The molecule has 1 N–H and O–H groups in total. The molecule has 2 aromatic carbocycles. The van der Waals surface area contributed by atoms with Crippen LogP contribution in [0.2, 0.25) is 5.02 Å². The molecule has 1 unspecified atom stereocenters. The lowest BCUT2D eigenvalue weighted by atomic mass is 9.63. The number of fused-ring (bicyclic) bond motifs is 1. The molecule has 3 aromatic rings. The number of hydrogen-bond donors (Lipinski definition) is 1. The van der Waals surface area contributed by atoms with Crippen molar-refractivity contribution in [1.82, 2.24) is 4.98 Å². The van der Waals surface area contributed by atoms with Crippen LogP contribution < -0.4 is 10.2 Å². The number of allylic oxidation sites excluding steroid dienone is 1. The summed E-state index contributed by atoms with van der Waals surface area (Å²) in [6.45, 7) is 8.71. The zero-order chi connectivity index (χ0) is 22.3. The van der Waals surface area contributed by atoms with Gasteiger partial charge in [-0.1, -0.05) is 25.1 Å². The molecule has 1 aliphatic carbocycles. The van der Waals surface area contributed by atoms with Crippen molar-refractivity contribution in [3.8, 4) is 0 Å². The second-order valence-electron chi connectivity index (χ2n) is 9.63. The number of halogens is 2. The highest BCUT2D eigenvalue weighted by Gasteiger charge is 2.46. The Morgan fingerprint density at radius 3 is 2.59 bits per heavy atom. The molecule has 32 heavy (non-hydrogen) atoms. The normalized spacial score (nSPS) is 19.0. The fourth-order valence-electron chi connectivity index (χ4n) is 5.50. The van der Waals surface area contributed by atoms with Crippen LogP contribution >= 0.6 is 11.6 Å². The standard InChI is InChI=1S/C27H29ClFN3/c1-18(19(2)31-23-6-3-21(28)4-7-23)20-9-12-27(13-10-20)16-32(17-27)26-11-14-30-25-8-5-22(29)15-24(25)26/h3-8,11,14-15,18,20,31H,2,9-10,12-13,16-17H2,1H3. The Morgan fingerprint density at radius 1 is 1.16 bits per heavy atom. The fourth-order valence-corrected chi connectivity index (χ4v) is 5.63. The van der Waals surface area contributed by atoms with E-state index in [0.29, 0.717) is 17.3 Å². The molecule has 166 valence electrons. The van der Waals surface area contributed by atoms with Crippen molar-refractivity contribution >= 4 is 33.9 Å². The van der Waals surface area contributed by atoms with Gasteiger partial charge in [0.25, 0.3) is 0 Å². The number of aromatic nitrogens is 1. The number of pyridine rings is 1. The molecule has 1 atom stereocenters. The monoisotopic (exact) mass is 449 g/mol. The van der Waals surface area contributed by atoms with Crippen LogP contribution in [0.3, 0.4) is 0 Å². The molecule has 2 fully saturated rings. The predicted octanol–water partition coefficient (Wildman–Crippen LogP) is 7.29. The molecule has 0 radical (unpaired) electrons. The van der Waals surface area contributed by atoms with E-state index in [0.717, 1.165) is 46.1 Å². The summed E-state index contributed by atoms with van der Waals surface area (Å²) in [4.78, 5) is 6.79. The van der Waals surface area contributed by atoms with Gasteiger partial charge in [0, 0.05) is 52.2 Å². The summed E-state index contributed by atoms with van der Waals surface area (Å²) in [5.74, 6) is 0.869. The molecule has 2 aliphatic rings. The molecular weight excluding hydrogens is 421 g/mol. The molecule has 5 rings (SSSR count). The maximum absolute atomic E-state index is 13.8. The Balaban J connectivity index is 1.18. The number of hydrogen-bond acceptors (Lipinski definition) is 3. The number of rotatable bonds is 5. The first-order valence-electron chi connectivity index (χ1n) is 11.4. The summed E-state index contributed by atoms with van der Waals surface area (Å²) in [7, 11) is 0. The van der Waals surface area contributed by atoms with Gasteiger partial charge in [-0.2, -0.15) is 0 Å². The SMILES string of the molecule is C=C(Nc1ccc(Cl)cc1)C(C)C1CCC2(CC1)CN(c1ccnc3ccc(F)cc13)C2. The van der Waals surface area contributed by atoms with E-state index in [1.165, 1.54) is 31.7 Å². The Kier molecular flexibility index (Phi) is 5.58. The third kappa shape index (κ3) is 4.09. The fraction of sp³-hybridized carbons (Fsp3) is 0.370. The van der Waals surface area contributed by atoms with Gasteiger partial charge in [0.05, 0.1) is 5.52 Å². The Morgan fingerprint density at radius 2 is 1.88 bits per heavy atom. The van der Waals surface area contributed by atoms with E-state index < -0.39 is 0 Å². The molecular formula is C27H29ClFN3. The van der Waals surface area contributed by atoms with Gasteiger partial charge >= 0.3 is 0 Å². The Labute approximate surface area is 194 Å². The van der Waals surface area contributed by atoms with Crippen LogP contribution in [0.5, 0.6) is 0 Å². The predicted molar refractivity (Wildman–Crippen MR) is 132 cm³/mol. The average molecular weight is 450 g/mol. The van der Waals surface area contributed by atoms with Gasteiger partial charge in [0.1, 0.15) is 5.82 Å². The number of nitrogens with one attached hydrogen (secondary N) is 1. The molecule has 3 nitrogen and oxygen atoms in total. The minimum atomic E-state index is -0.205. The van der Waals surface area contributed by atoms with E-state index in [1.807, 2.05) is 36.5 Å². The van der Waals surface area contributed by atoms with Crippen molar-refractivity contribution in [2.45, 2.75) is 32.6 Å². The lowest BCUT2D eigenvalue weighted by Crippen LogP contribution is -2.58. The van der Waals surface area contributed by atoms with Crippen molar-refractivity contribution in [3.05, 3.63) is 77.8 Å². The van der Waals surface area contributed by atoms with Gasteiger partial charge in [-0.15, -0.1) is 0 Å². The first-order chi connectivity index (χ1) is 15.4. The Bertz CT molecular complexity index is 1130. The number of benzene rings is 2. The zero-order valence-corrected chi connectivity index (χ0v) is 19.2. The molecule has 1 saturated carbocycles. The van der Waals surface area contributed by atoms with Crippen molar-refractivity contribution in [1.29, 1.82) is 0 Å².